The van der Waals surface area contributed by atoms with Crippen LogP contribution in [-0.2, 0) is 22.4 Å². The summed E-state index contributed by atoms with van der Waals surface area (Å²) in [5.41, 5.74) is 3.95. The zero-order valence-corrected chi connectivity index (χ0v) is 17.8. The first-order valence-electron chi connectivity index (χ1n) is 7.75. The van der Waals surface area contributed by atoms with Gasteiger partial charge in [0.25, 0.3) is 0 Å². The van der Waals surface area contributed by atoms with Crippen molar-refractivity contribution in [3.8, 4) is 0 Å². The van der Waals surface area contributed by atoms with Gasteiger partial charge in [-0.05, 0) is 73.4 Å². The number of halogens is 1. The summed E-state index contributed by atoms with van der Waals surface area (Å²) in [5.74, 6) is 0. The second kappa shape index (κ2) is 8.48. The Morgan fingerprint density at radius 3 is 1.54 bits per heavy atom. The van der Waals surface area contributed by atoms with E-state index in [9.17, 15) is 0 Å². The van der Waals surface area contributed by atoms with Gasteiger partial charge < -0.3 is 0 Å². The normalized spacial score (nSPS) is 10.5. The molecule has 24 heavy (non-hydrogen) atoms. The molecule has 0 aliphatic heterocycles. The molecular weight excluding hydrogens is 516 g/mol. The summed E-state index contributed by atoms with van der Waals surface area (Å²) in [7, 11) is -0.580. The molecule has 126 valence electrons. The Kier molecular flexibility index (Phi) is 6.87. The van der Waals surface area contributed by atoms with E-state index in [4.69, 9.17) is 11.6 Å². The van der Waals surface area contributed by atoms with Crippen LogP contribution in [0.25, 0.3) is 0 Å². The molecule has 0 spiro atoms. The van der Waals surface area contributed by atoms with Gasteiger partial charge in [-0.2, -0.15) is 0 Å². The Morgan fingerprint density at radius 2 is 1.08 bits per heavy atom. The van der Waals surface area contributed by atoms with Crippen molar-refractivity contribution < 1.29 is 22.4 Å². The molecule has 0 aliphatic rings. The quantitative estimate of drug-likeness (QED) is 0.326. The van der Waals surface area contributed by atoms with Crippen molar-refractivity contribution in [2.75, 3.05) is 0 Å². The average molecular weight is 536 g/mol. The first-order chi connectivity index (χ1) is 11.1. The van der Waals surface area contributed by atoms with Crippen LogP contribution in [0.15, 0.2) is 66.7 Å². The summed E-state index contributed by atoms with van der Waals surface area (Å²) in [5, 5.41) is 5.02. The maximum absolute atomic E-state index is 6.18. The number of hydrogen-bond donors (Lipinski definition) is 0. The molecule has 0 nitrogen and oxygen atoms in total. The van der Waals surface area contributed by atoms with Gasteiger partial charge in [-0.15, -0.1) is 0 Å². The Hall–Kier alpha value is -0.880. The van der Waals surface area contributed by atoms with Crippen LogP contribution in [0.5, 0.6) is 0 Å². The van der Waals surface area contributed by atoms with Crippen LogP contribution in [0, 0.1) is 20.8 Å². The Labute approximate surface area is 166 Å². The van der Waals surface area contributed by atoms with E-state index in [0.717, 1.165) is 5.02 Å². The molecule has 0 aromatic heterocycles. The van der Waals surface area contributed by atoms with Crippen LogP contribution < -0.4 is 15.9 Å². The topological polar surface area (TPSA) is 0 Å². The van der Waals surface area contributed by atoms with Crippen LogP contribution in [0.3, 0.4) is 0 Å². The molecule has 0 heterocycles. The van der Waals surface area contributed by atoms with E-state index in [0.29, 0.717) is 0 Å². The van der Waals surface area contributed by atoms with E-state index in [1.807, 2.05) is 6.07 Å². The predicted octanol–water partition coefficient (Wildman–Crippen LogP) is 5.02. The van der Waals surface area contributed by atoms with Gasteiger partial charge in [0.2, 0.25) is 0 Å². The maximum atomic E-state index is 6.18. The van der Waals surface area contributed by atoms with Crippen LogP contribution in [0.4, 0.5) is 0 Å². The van der Waals surface area contributed by atoms with Gasteiger partial charge in [-0.25, -0.2) is 0 Å². The van der Waals surface area contributed by atoms with Crippen molar-refractivity contribution in [3.05, 3.63) is 88.4 Å². The number of hydrogen-bond acceptors (Lipinski definition) is 0. The molecule has 0 fully saturated rings. The molecule has 0 N–H and O–H groups in total. The Morgan fingerprint density at radius 1 is 0.625 bits per heavy atom. The number of aryl methyl sites for hydroxylation is 3. The largest absolute Gasteiger partial charge is 1.00 e. The van der Waals surface area contributed by atoms with Crippen LogP contribution in [0.2, 0.25) is 5.02 Å². The van der Waals surface area contributed by atoms with Gasteiger partial charge in [0, 0.05) is 5.02 Å². The Balaban J connectivity index is 0.00000208. The fraction of sp³-hybridized carbons (Fsp3) is 0.143. The fourth-order valence-electron chi connectivity index (χ4n) is 2.89. The van der Waals surface area contributed by atoms with Gasteiger partial charge in [-0.3, -0.25) is 0 Å². The first kappa shape index (κ1) is 19.4. The number of rotatable bonds is 3. The summed E-state index contributed by atoms with van der Waals surface area (Å²) in [6.45, 7) is 6.56. The zero-order chi connectivity index (χ0) is 16.4. The first-order valence-corrected chi connectivity index (χ1v) is 9.47. The third-order valence-corrected chi connectivity index (χ3v) is 7.30. The SMILES string of the molecule is Cc1ccccc1P(c1ccccc1C)c1ccc(Cl)cc1C.[Au+]. The monoisotopic (exact) mass is 535 g/mol. The summed E-state index contributed by atoms with van der Waals surface area (Å²) in [4.78, 5) is 0. The smallest absolute Gasteiger partial charge is 0.0843 e. The van der Waals surface area contributed by atoms with Gasteiger partial charge in [0.15, 0.2) is 0 Å². The zero-order valence-electron chi connectivity index (χ0n) is 14.0. The molecule has 3 rings (SSSR count). The molecule has 0 saturated heterocycles. The van der Waals surface area contributed by atoms with Crippen molar-refractivity contribution in [2.24, 2.45) is 0 Å². The van der Waals surface area contributed by atoms with Crippen LogP contribution >= 0.6 is 19.5 Å². The van der Waals surface area contributed by atoms with E-state index >= 15 is 0 Å². The van der Waals surface area contributed by atoms with E-state index < -0.39 is 7.92 Å². The van der Waals surface area contributed by atoms with Crippen LogP contribution in [-0.4, -0.2) is 0 Å². The molecule has 0 radical (unpaired) electrons. The molecule has 0 atom stereocenters. The van der Waals surface area contributed by atoms with Crippen molar-refractivity contribution in [1.82, 2.24) is 0 Å². The van der Waals surface area contributed by atoms with Gasteiger partial charge >= 0.3 is 22.4 Å². The Bertz CT molecular complexity index is 799. The van der Waals surface area contributed by atoms with Crippen molar-refractivity contribution in [1.29, 1.82) is 0 Å². The molecule has 0 unspecified atom stereocenters. The van der Waals surface area contributed by atoms with Crippen LogP contribution in [0.1, 0.15) is 16.7 Å². The second-order valence-electron chi connectivity index (χ2n) is 5.84. The molecule has 3 aromatic rings. The van der Waals surface area contributed by atoms with Gasteiger partial charge in [0.05, 0.1) is 0 Å². The van der Waals surface area contributed by atoms with Gasteiger partial charge in [0.1, 0.15) is 0 Å². The molecule has 0 saturated carbocycles. The number of benzene rings is 3. The average Bonchev–Trinajstić information content (AvgIpc) is 2.53. The van der Waals surface area contributed by atoms with Gasteiger partial charge in [-0.1, -0.05) is 66.2 Å². The third-order valence-electron chi connectivity index (χ3n) is 4.11. The molecule has 0 aliphatic carbocycles. The molecule has 3 heteroatoms. The summed E-state index contributed by atoms with van der Waals surface area (Å²) in [6.07, 6.45) is 0. The minimum atomic E-state index is -0.580. The van der Waals surface area contributed by atoms with E-state index in [-0.39, 0.29) is 22.4 Å². The van der Waals surface area contributed by atoms with E-state index in [2.05, 4.69) is 81.4 Å². The van der Waals surface area contributed by atoms with E-state index in [1.54, 1.807) is 0 Å². The minimum Gasteiger partial charge on any atom is -0.0843 e. The van der Waals surface area contributed by atoms with E-state index in [1.165, 1.54) is 32.6 Å². The standard InChI is InChI=1S/C21H20ClP.Au/c1-15-8-4-6-10-19(15)23(20-11-7-5-9-16(20)2)21-13-12-18(22)14-17(21)3;/h4-14H,1-3H3;/q;+1. The predicted molar refractivity (Wildman–Crippen MR) is 104 cm³/mol. The van der Waals surface area contributed by atoms with Crippen molar-refractivity contribution >= 4 is 35.4 Å². The summed E-state index contributed by atoms with van der Waals surface area (Å²) in [6, 6.07) is 23.7. The van der Waals surface area contributed by atoms with Crippen molar-refractivity contribution in [3.63, 3.8) is 0 Å². The van der Waals surface area contributed by atoms with Crippen molar-refractivity contribution in [2.45, 2.75) is 20.8 Å². The minimum absolute atomic E-state index is 0. The molecule has 0 bridgehead atoms. The third kappa shape index (κ3) is 4.02. The molecule has 0 amide bonds. The molecule has 3 aromatic carbocycles. The second-order valence-corrected chi connectivity index (χ2v) is 8.39. The summed E-state index contributed by atoms with van der Waals surface area (Å²) >= 11 is 6.18. The summed E-state index contributed by atoms with van der Waals surface area (Å²) < 4.78 is 0. The fourth-order valence-corrected chi connectivity index (χ4v) is 5.86. The maximum Gasteiger partial charge on any atom is 1.00 e. The molecular formula is C21H20AuClP+.